The van der Waals surface area contributed by atoms with Crippen LogP contribution >= 0.6 is 0 Å². The third kappa shape index (κ3) is 3.64. The zero-order valence-corrected chi connectivity index (χ0v) is 25.3. The van der Waals surface area contributed by atoms with Gasteiger partial charge < -0.3 is 21.1 Å². The molecule has 4 N–H and O–H groups in total. The number of hydrogen-bond donors (Lipinski definition) is 4. The summed E-state index contributed by atoms with van der Waals surface area (Å²) in [4.78, 5) is 19.5. The second kappa shape index (κ2) is 9.31. The summed E-state index contributed by atoms with van der Waals surface area (Å²) in [5.74, 6) is -0.210. The highest BCUT2D eigenvalue weighted by Crippen LogP contribution is 2.48. The number of nitrogens with one attached hydrogen (secondary N) is 3. The Labute approximate surface area is 265 Å². The number of benzene rings is 6. The van der Waals surface area contributed by atoms with Crippen molar-refractivity contribution in [2.24, 2.45) is 4.99 Å². The van der Waals surface area contributed by atoms with E-state index in [1.165, 1.54) is 0 Å². The molecule has 6 aromatic rings. The molecule has 2 atom stereocenters. The van der Waals surface area contributed by atoms with Crippen LogP contribution in [0.4, 0.5) is 17.1 Å². The van der Waals surface area contributed by atoms with Gasteiger partial charge in [0.05, 0.1) is 22.2 Å². The highest BCUT2D eigenvalue weighted by Gasteiger charge is 2.40. The van der Waals surface area contributed by atoms with E-state index >= 15 is 0 Å². The minimum Gasteiger partial charge on any atom is -0.506 e. The Morgan fingerprint density at radius 2 is 1.24 bits per heavy atom. The number of carbonyl (C=O) groups is 1. The molecule has 222 valence electrons. The van der Waals surface area contributed by atoms with Gasteiger partial charge in [-0.2, -0.15) is 0 Å². The van der Waals surface area contributed by atoms with Gasteiger partial charge in [-0.25, -0.2) is 0 Å². The maximum atomic E-state index is 14.3. The van der Waals surface area contributed by atoms with Crippen LogP contribution in [0.3, 0.4) is 0 Å². The van der Waals surface area contributed by atoms with Crippen molar-refractivity contribution >= 4 is 55.5 Å². The Morgan fingerprint density at radius 3 is 1.93 bits per heavy atom. The fourth-order valence-electron chi connectivity index (χ4n) is 7.39. The molecule has 2 aliphatic heterocycles. The lowest BCUT2D eigenvalue weighted by atomic mass is 9.79. The fourth-order valence-corrected chi connectivity index (χ4v) is 7.39. The molecule has 0 amide bonds. The average Bonchev–Trinajstić information content (AvgIpc) is 3.08. The third-order valence-corrected chi connectivity index (χ3v) is 9.69. The van der Waals surface area contributed by atoms with Gasteiger partial charge in [-0.05, 0) is 47.9 Å². The fraction of sp³-hybridized carbons (Fsp3) is 0.100. The molecule has 2 unspecified atom stereocenters. The first-order valence-electron chi connectivity index (χ1n) is 15.5. The summed E-state index contributed by atoms with van der Waals surface area (Å²) < 4.78 is 0. The van der Waals surface area contributed by atoms with Crippen molar-refractivity contribution in [2.45, 2.75) is 25.2 Å². The maximum Gasteiger partial charge on any atom is 0.201 e. The molecule has 0 saturated heterocycles. The Bertz CT molecular complexity index is 2450. The van der Waals surface area contributed by atoms with Gasteiger partial charge in [-0.1, -0.05) is 109 Å². The lowest BCUT2D eigenvalue weighted by Gasteiger charge is -2.40. The first-order valence-corrected chi connectivity index (χ1v) is 15.5. The van der Waals surface area contributed by atoms with Crippen molar-refractivity contribution in [3.05, 3.63) is 154 Å². The van der Waals surface area contributed by atoms with E-state index in [1.54, 1.807) is 0 Å². The largest absolute Gasteiger partial charge is 0.506 e. The first-order chi connectivity index (χ1) is 22.3. The average molecular weight is 599 g/mol. The predicted molar refractivity (Wildman–Crippen MR) is 185 cm³/mol. The number of allylic oxidation sites excluding steroid dienone is 2. The van der Waals surface area contributed by atoms with Crippen LogP contribution in [0.15, 0.2) is 132 Å². The van der Waals surface area contributed by atoms with Crippen molar-refractivity contribution in [2.75, 3.05) is 16.0 Å². The number of aliphatic hydroxyl groups excluding tert-OH is 1. The van der Waals surface area contributed by atoms with Gasteiger partial charge >= 0.3 is 0 Å². The van der Waals surface area contributed by atoms with Crippen molar-refractivity contribution < 1.29 is 9.90 Å². The van der Waals surface area contributed by atoms with E-state index in [0.717, 1.165) is 49.7 Å². The predicted octanol–water partition coefficient (Wildman–Crippen LogP) is 7.32. The number of carbonyl (C=O) groups excluding carboxylic acids is 1. The van der Waals surface area contributed by atoms with Crippen molar-refractivity contribution in [1.29, 1.82) is 0 Å². The summed E-state index contributed by atoms with van der Waals surface area (Å²) in [5.41, 5.74) is 4.68. The Balaban J connectivity index is 1.28. The molecule has 6 nitrogen and oxygen atoms in total. The number of anilines is 3. The van der Waals surface area contributed by atoms with E-state index in [-0.39, 0.29) is 11.5 Å². The molecule has 0 spiro atoms. The number of Topliss-reactive ketones (excluding diaryl/α,β-unsaturated/α-hetero) is 1. The number of ketones is 1. The van der Waals surface area contributed by atoms with Crippen LogP contribution in [-0.2, 0) is 16.1 Å². The molecular weight excluding hydrogens is 568 g/mol. The van der Waals surface area contributed by atoms with E-state index < -0.39 is 11.3 Å². The van der Waals surface area contributed by atoms with E-state index in [1.807, 2.05) is 104 Å². The normalized spacial score (nSPS) is 22.4. The van der Waals surface area contributed by atoms with E-state index in [4.69, 9.17) is 4.99 Å². The summed E-state index contributed by atoms with van der Waals surface area (Å²) in [6.45, 7) is 4.13. The molecule has 0 saturated carbocycles. The molecule has 3 aliphatic rings. The first kappa shape index (κ1) is 26.5. The molecule has 2 heterocycles. The van der Waals surface area contributed by atoms with Gasteiger partial charge in [-0.15, -0.1) is 0 Å². The molecule has 0 aromatic heterocycles. The second-order valence-electron chi connectivity index (χ2n) is 12.6. The van der Waals surface area contributed by atoms with Crippen LogP contribution < -0.4 is 26.5 Å². The highest BCUT2D eigenvalue weighted by atomic mass is 16.3. The van der Waals surface area contributed by atoms with Crippen LogP contribution in [0.25, 0.3) is 32.7 Å². The van der Waals surface area contributed by atoms with Gasteiger partial charge in [0.2, 0.25) is 5.78 Å². The van der Waals surface area contributed by atoms with Gasteiger partial charge in [0.1, 0.15) is 11.4 Å². The highest BCUT2D eigenvalue weighted by molar-refractivity contribution is 6.52. The molecule has 0 fully saturated rings. The van der Waals surface area contributed by atoms with Gasteiger partial charge in [-0.3, -0.25) is 9.79 Å². The lowest BCUT2D eigenvalue weighted by Crippen LogP contribution is -2.44. The summed E-state index contributed by atoms with van der Waals surface area (Å²) in [6.07, 6.45) is 0. The molecule has 6 heteroatoms. The van der Waals surface area contributed by atoms with Crippen LogP contribution in [0.5, 0.6) is 0 Å². The molecule has 9 rings (SSSR count). The summed E-state index contributed by atoms with van der Waals surface area (Å²) in [6, 6.07) is 40.4. The maximum absolute atomic E-state index is 14.3. The number of nitrogens with zero attached hydrogens (tertiary/aromatic N) is 1. The third-order valence-electron chi connectivity index (χ3n) is 9.69. The van der Waals surface area contributed by atoms with E-state index in [0.29, 0.717) is 27.3 Å². The minimum absolute atomic E-state index is 0.0111. The molecular formula is C40H30N4O2. The molecule has 0 bridgehead atoms. The van der Waals surface area contributed by atoms with Crippen molar-refractivity contribution in [3.8, 4) is 0 Å². The summed E-state index contributed by atoms with van der Waals surface area (Å²) in [5, 5.41) is 28.2. The van der Waals surface area contributed by atoms with E-state index in [9.17, 15) is 9.90 Å². The SMILES string of the molecule is CC1(c2ccccc2)N=c2/c(=C3/C(=O)C(c4ccc5cccc6c5c4NC(C)(c4ccccc4)N6)=C3O)ccc3cccc(c23)N1. The molecule has 46 heavy (non-hydrogen) atoms. The van der Waals surface area contributed by atoms with Crippen LogP contribution in [-0.4, -0.2) is 10.9 Å². The smallest absolute Gasteiger partial charge is 0.201 e. The van der Waals surface area contributed by atoms with Crippen molar-refractivity contribution in [1.82, 2.24) is 0 Å². The van der Waals surface area contributed by atoms with E-state index in [2.05, 4.69) is 47.1 Å². The topological polar surface area (TPSA) is 85.8 Å². The van der Waals surface area contributed by atoms with Gasteiger partial charge in [0.15, 0.2) is 5.66 Å². The van der Waals surface area contributed by atoms with Crippen LogP contribution in [0.2, 0.25) is 0 Å². The molecule has 0 radical (unpaired) electrons. The quantitative estimate of drug-likeness (QED) is 0.172. The zero-order valence-electron chi connectivity index (χ0n) is 25.3. The number of aliphatic hydroxyl groups is 1. The summed E-state index contributed by atoms with van der Waals surface area (Å²) >= 11 is 0. The number of hydrogen-bond acceptors (Lipinski definition) is 6. The zero-order chi connectivity index (χ0) is 31.2. The Morgan fingerprint density at radius 1 is 0.609 bits per heavy atom. The number of rotatable bonds is 3. The molecule has 1 aliphatic carbocycles. The lowest BCUT2D eigenvalue weighted by molar-refractivity contribution is -0.109. The van der Waals surface area contributed by atoms with Crippen molar-refractivity contribution in [3.63, 3.8) is 0 Å². The molecule has 6 aromatic carbocycles. The van der Waals surface area contributed by atoms with Gasteiger partial charge in [0, 0.05) is 32.9 Å². The van der Waals surface area contributed by atoms with Crippen LogP contribution in [0.1, 0.15) is 30.5 Å². The van der Waals surface area contributed by atoms with Crippen LogP contribution in [0, 0.1) is 0 Å². The monoisotopic (exact) mass is 598 g/mol. The summed E-state index contributed by atoms with van der Waals surface area (Å²) in [7, 11) is 0. The minimum atomic E-state index is -0.758. The second-order valence-corrected chi connectivity index (χ2v) is 12.6. The van der Waals surface area contributed by atoms with Gasteiger partial charge in [0.25, 0.3) is 0 Å². The standard InChI is InChI=1S/C40H30N4O2/c1-39(25-13-5-3-6-14-25)41-29-17-9-11-23-19-21-27(35(43-39)31(23)29)33-37(45)34(38(33)46)28-22-20-24-12-10-18-30-32(24)36(28)44-40(2,42-30)26-15-7-4-8-16-26/h3-22,41-43,45H,1-2H3/b34-28+. The Kier molecular flexibility index (Phi) is 5.37. The Hall–Kier alpha value is -5.88.